The number of nitrogens with one attached hydrogen (secondary N) is 3. The fourth-order valence-corrected chi connectivity index (χ4v) is 2.44. The molecule has 3 rings (SSSR count). The molecule has 0 saturated heterocycles. The van der Waals surface area contributed by atoms with Crippen LogP contribution in [-0.2, 0) is 9.24 Å². The Labute approximate surface area is 130 Å². The topological polar surface area (TPSA) is 113 Å². The third-order valence-corrected chi connectivity index (χ3v) is 3.36. The molecule has 0 spiro atoms. The molecule has 0 amide bonds. The molecule has 3 N–H and O–H groups in total. The zero-order chi connectivity index (χ0) is 15.7. The highest BCUT2D eigenvalue weighted by Gasteiger charge is 2.10. The van der Waals surface area contributed by atoms with E-state index >= 15 is 0 Å². The number of halogens is 1. The van der Waals surface area contributed by atoms with Crippen molar-refractivity contribution in [3.8, 4) is 0 Å². The number of fused-ring (bicyclic) bond motifs is 1. The van der Waals surface area contributed by atoms with Crippen molar-refractivity contribution in [2.75, 3.05) is 10.0 Å². The quantitative estimate of drug-likeness (QED) is 0.629. The van der Waals surface area contributed by atoms with Crippen LogP contribution in [0, 0.1) is 6.92 Å². The van der Waals surface area contributed by atoms with E-state index in [1.165, 1.54) is 0 Å². The van der Waals surface area contributed by atoms with Gasteiger partial charge in [-0.05, 0) is 19.1 Å². The minimum absolute atomic E-state index is 0.117. The smallest absolute Gasteiger partial charge is 0.321 e. The van der Waals surface area contributed by atoms with E-state index in [1.807, 2.05) is 29.0 Å². The summed E-state index contributed by atoms with van der Waals surface area (Å²) in [5, 5.41) is 2.96. The minimum Gasteiger partial charge on any atom is -0.324 e. The minimum atomic E-state index is -3.96. The lowest BCUT2D eigenvalue weighted by molar-refractivity contribution is 0.614. The number of aromatic amines is 1. The van der Waals surface area contributed by atoms with Crippen LogP contribution >= 0.6 is 10.7 Å². The molecule has 0 unspecified atom stereocenters. The van der Waals surface area contributed by atoms with Crippen molar-refractivity contribution in [1.29, 1.82) is 0 Å². The summed E-state index contributed by atoms with van der Waals surface area (Å²) in [6, 6.07) is 9.20. The zero-order valence-corrected chi connectivity index (χ0v) is 12.9. The van der Waals surface area contributed by atoms with E-state index in [0.29, 0.717) is 17.5 Å². The van der Waals surface area contributed by atoms with Crippen LogP contribution in [0.25, 0.3) is 11.0 Å². The van der Waals surface area contributed by atoms with Gasteiger partial charge in [0.05, 0.1) is 11.0 Å². The van der Waals surface area contributed by atoms with Crippen molar-refractivity contribution in [2.24, 2.45) is 0 Å². The second-order valence-electron chi connectivity index (χ2n) is 4.49. The fraction of sp³-hybridized carbons (Fsp3) is 0.0833. The number of H-pyrrole nitrogens is 1. The molecule has 10 heteroatoms. The summed E-state index contributed by atoms with van der Waals surface area (Å²) in [4.78, 5) is 15.4. The molecule has 114 valence electrons. The van der Waals surface area contributed by atoms with E-state index in [0.717, 1.165) is 11.0 Å². The van der Waals surface area contributed by atoms with Crippen LogP contribution < -0.4 is 10.0 Å². The number of para-hydroxylation sites is 2. The maximum absolute atomic E-state index is 11.0. The second kappa shape index (κ2) is 5.43. The Kier molecular flexibility index (Phi) is 3.59. The number of benzene rings is 1. The molecule has 8 nitrogen and oxygen atoms in total. The standard InChI is InChI=1S/C12H11ClN6O2S/c1-7-6-10(18-12(14-7)19-22(13,20)21)17-11-15-8-4-2-3-5-9(8)16-11/h2-6H,1H3,(H3,14,15,16,17,18,19). The van der Waals surface area contributed by atoms with Gasteiger partial charge in [0.2, 0.25) is 11.9 Å². The molecule has 0 bridgehead atoms. The summed E-state index contributed by atoms with van der Waals surface area (Å²) >= 11 is 0. The molecule has 0 fully saturated rings. The van der Waals surface area contributed by atoms with Gasteiger partial charge in [0, 0.05) is 22.4 Å². The Balaban J connectivity index is 1.91. The first-order chi connectivity index (χ1) is 10.4. The Morgan fingerprint density at radius 2 is 1.95 bits per heavy atom. The van der Waals surface area contributed by atoms with Crippen molar-refractivity contribution in [1.82, 2.24) is 19.9 Å². The highest BCUT2D eigenvalue weighted by molar-refractivity contribution is 8.14. The maximum Gasteiger partial charge on any atom is 0.321 e. The fourth-order valence-electron chi connectivity index (χ4n) is 1.92. The van der Waals surface area contributed by atoms with E-state index in [4.69, 9.17) is 10.7 Å². The highest BCUT2D eigenvalue weighted by Crippen LogP contribution is 2.18. The third-order valence-electron chi connectivity index (χ3n) is 2.70. The second-order valence-corrected chi connectivity index (χ2v) is 6.78. The van der Waals surface area contributed by atoms with Crippen molar-refractivity contribution in [3.05, 3.63) is 36.0 Å². The van der Waals surface area contributed by atoms with Gasteiger partial charge in [0.25, 0.3) is 0 Å². The first-order valence-corrected chi connectivity index (χ1v) is 8.50. The van der Waals surface area contributed by atoms with E-state index in [-0.39, 0.29) is 5.95 Å². The van der Waals surface area contributed by atoms with Gasteiger partial charge in [-0.15, -0.1) is 0 Å². The summed E-state index contributed by atoms with van der Waals surface area (Å²) in [6.07, 6.45) is 0. The summed E-state index contributed by atoms with van der Waals surface area (Å²) in [5.74, 6) is 0.752. The molecule has 0 saturated carbocycles. The lowest BCUT2D eigenvalue weighted by Gasteiger charge is -2.06. The van der Waals surface area contributed by atoms with E-state index in [9.17, 15) is 8.42 Å². The molecule has 0 aliphatic heterocycles. The van der Waals surface area contributed by atoms with Crippen molar-refractivity contribution >= 4 is 48.7 Å². The van der Waals surface area contributed by atoms with Gasteiger partial charge in [-0.3, -0.25) is 0 Å². The van der Waals surface area contributed by atoms with Gasteiger partial charge in [-0.1, -0.05) is 12.1 Å². The van der Waals surface area contributed by atoms with Crippen LogP contribution in [0.2, 0.25) is 0 Å². The number of aryl methyl sites for hydroxylation is 1. The number of anilines is 3. The van der Waals surface area contributed by atoms with Crippen molar-refractivity contribution in [2.45, 2.75) is 6.92 Å². The molecule has 0 atom stereocenters. The van der Waals surface area contributed by atoms with Crippen LogP contribution in [0.4, 0.5) is 17.7 Å². The van der Waals surface area contributed by atoms with Gasteiger partial charge in [-0.25, -0.2) is 14.7 Å². The largest absolute Gasteiger partial charge is 0.324 e. The average molecular weight is 339 g/mol. The monoisotopic (exact) mass is 338 g/mol. The van der Waals surface area contributed by atoms with E-state index in [2.05, 4.69) is 25.3 Å². The normalized spacial score (nSPS) is 11.5. The van der Waals surface area contributed by atoms with Crippen LogP contribution in [0.1, 0.15) is 5.69 Å². The molecule has 0 aliphatic rings. The van der Waals surface area contributed by atoms with Crippen LogP contribution in [0.5, 0.6) is 0 Å². The Hall–Kier alpha value is -2.39. The van der Waals surface area contributed by atoms with Crippen LogP contribution in [0.15, 0.2) is 30.3 Å². The number of nitrogens with zero attached hydrogens (tertiary/aromatic N) is 3. The number of imidazole rings is 1. The highest BCUT2D eigenvalue weighted by atomic mass is 35.7. The molecular formula is C12H11ClN6O2S. The predicted molar refractivity (Wildman–Crippen MR) is 84.5 cm³/mol. The Morgan fingerprint density at radius 1 is 1.18 bits per heavy atom. The molecule has 2 heterocycles. The summed E-state index contributed by atoms with van der Waals surface area (Å²) in [7, 11) is 1.17. The van der Waals surface area contributed by atoms with Crippen LogP contribution in [-0.4, -0.2) is 28.4 Å². The maximum atomic E-state index is 11.0. The van der Waals surface area contributed by atoms with Gasteiger partial charge < -0.3 is 10.3 Å². The molecule has 22 heavy (non-hydrogen) atoms. The van der Waals surface area contributed by atoms with Gasteiger partial charge >= 0.3 is 9.24 Å². The Bertz CT molecular complexity index is 907. The number of rotatable bonds is 4. The SMILES string of the molecule is Cc1cc(Nc2nc3ccccc3[nH]2)nc(NS(=O)(=O)Cl)n1. The molecular weight excluding hydrogens is 328 g/mol. The summed E-state index contributed by atoms with van der Waals surface area (Å²) in [5.41, 5.74) is 2.24. The van der Waals surface area contributed by atoms with E-state index in [1.54, 1.807) is 13.0 Å². The molecule has 0 aliphatic carbocycles. The lowest BCUT2D eigenvalue weighted by Crippen LogP contribution is -2.09. The van der Waals surface area contributed by atoms with E-state index < -0.39 is 9.24 Å². The van der Waals surface area contributed by atoms with Crippen molar-refractivity contribution in [3.63, 3.8) is 0 Å². The molecule has 2 aromatic heterocycles. The average Bonchev–Trinajstić information content (AvgIpc) is 2.77. The first-order valence-electron chi connectivity index (χ1n) is 6.19. The zero-order valence-electron chi connectivity index (χ0n) is 11.3. The molecule has 0 radical (unpaired) electrons. The molecule has 3 aromatic rings. The Morgan fingerprint density at radius 3 is 2.68 bits per heavy atom. The number of hydrogen-bond acceptors (Lipinski definition) is 6. The predicted octanol–water partition coefficient (Wildman–Crippen LogP) is 2.30. The third kappa shape index (κ3) is 3.43. The summed E-state index contributed by atoms with van der Waals surface area (Å²) in [6.45, 7) is 1.71. The van der Waals surface area contributed by atoms with Crippen molar-refractivity contribution < 1.29 is 8.42 Å². The lowest BCUT2D eigenvalue weighted by atomic mass is 10.3. The van der Waals surface area contributed by atoms with Gasteiger partial charge in [0.1, 0.15) is 5.82 Å². The summed E-state index contributed by atoms with van der Waals surface area (Å²) < 4.78 is 24.1. The van der Waals surface area contributed by atoms with Gasteiger partial charge in [-0.2, -0.15) is 13.4 Å². The van der Waals surface area contributed by atoms with Crippen LogP contribution in [0.3, 0.4) is 0 Å². The first kappa shape index (κ1) is 14.5. The number of hydrogen-bond donors (Lipinski definition) is 3. The van der Waals surface area contributed by atoms with Gasteiger partial charge in [0.15, 0.2) is 0 Å². The number of aromatic nitrogens is 4. The molecule has 1 aromatic carbocycles.